The number of likely N-dealkylation sites (tertiary alicyclic amines) is 1. The van der Waals surface area contributed by atoms with Crippen LogP contribution in [0.1, 0.15) is 35.9 Å². The summed E-state index contributed by atoms with van der Waals surface area (Å²) in [5.74, 6) is -1.83. The number of carboxylic acid groups (broad SMARTS) is 1. The third-order valence-corrected chi connectivity index (χ3v) is 5.17. The minimum absolute atomic E-state index is 0.394. The number of hydrogen-bond donors (Lipinski definition) is 1. The Balaban J connectivity index is 0.000000360. The van der Waals surface area contributed by atoms with Crippen molar-refractivity contribution in [3.8, 4) is 11.4 Å². The number of hydrogen-bond acceptors (Lipinski definition) is 7. The fraction of sp³-hybridized carbons (Fsp3) is 0.450. The molecule has 1 fully saturated rings. The Bertz CT molecular complexity index is 1010. The second-order valence-corrected chi connectivity index (χ2v) is 7.41. The van der Waals surface area contributed by atoms with Gasteiger partial charge in [0.1, 0.15) is 11.5 Å². The van der Waals surface area contributed by atoms with E-state index in [0.717, 1.165) is 55.3 Å². The molecule has 4 rings (SSSR count). The monoisotopic (exact) mass is 452 g/mol. The molecule has 0 aromatic carbocycles. The number of halogens is 3. The van der Waals surface area contributed by atoms with Gasteiger partial charge < -0.3 is 9.63 Å². The van der Waals surface area contributed by atoms with E-state index in [0.29, 0.717) is 6.04 Å². The van der Waals surface area contributed by atoms with Gasteiger partial charge in [-0.15, -0.1) is 5.10 Å². The molecule has 0 spiro atoms. The van der Waals surface area contributed by atoms with E-state index in [2.05, 4.69) is 25.4 Å². The van der Waals surface area contributed by atoms with Crippen LogP contribution >= 0.6 is 0 Å². The number of piperidine rings is 1. The third-order valence-electron chi connectivity index (χ3n) is 5.17. The summed E-state index contributed by atoms with van der Waals surface area (Å²) in [5.41, 5.74) is 3.91. The van der Waals surface area contributed by atoms with E-state index in [4.69, 9.17) is 14.4 Å². The predicted octanol–water partition coefficient (Wildman–Crippen LogP) is 3.42. The van der Waals surface area contributed by atoms with Gasteiger partial charge in [-0.1, -0.05) is 16.4 Å². The molecule has 9 nitrogen and oxygen atoms in total. The van der Waals surface area contributed by atoms with Crippen molar-refractivity contribution in [1.29, 1.82) is 0 Å². The lowest BCUT2D eigenvalue weighted by Gasteiger charge is -2.31. The predicted molar refractivity (Wildman–Crippen MR) is 106 cm³/mol. The van der Waals surface area contributed by atoms with Crippen molar-refractivity contribution in [3.63, 3.8) is 0 Å². The van der Waals surface area contributed by atoms with Crippen LogP contribution in [0.4, 0.5) is 13.2 Å². The maximum atomic E-state index is 10.6. The zero-order chi connectivity index (χ0) is 23.3. The number of rotatable bonds is 4. The van der Waals surface area contributed by atoms with Crippen LogP contribution in [0.25, 0.3) is 11.4 Å². The summed E-state index contributed by atoms with van der Waals surface area (Å²) in [7, 11) is 0. The molecule has 12 heteroatoms. The van der Waals surface area contributed by atoms with Crippen LogP contribution in [0.2, 0.25) is 0 Å². The Morgan fingerprint density at radius 2 is 1.91 bits per heavy atom. The molecule has 1 aliphatic rings. The average molecular weight is 452 g/mol. The van der Waals surface area contributed by atoms with E-state index in [9.17, 15) is 13.2 Å². The van der Waals surface area contributed by atoms with Gasteiger partial charge in [-0.2, -0.15) is 13.2 Å². The standard InChI is InChI=1S/C18H22N6O.C2HF3O2/c1-13-16(14(2)25-21-13)11-23-9-6-15(7-10-23)24-12-18(20-22-24)17-5-3-4-8-19-17;3-2(4,5)1(6)7/h3-5,8,12,15H,6-7,9-11H2,1-2H3;(H,6,7). The molecular weight excluding hydrogens is 429 g/mol. The molecule has 0 saturated carbocycles. The van der Waals surface area contributed by atoms with Gasteiger partial charge in [0.25, 0.3) is 0 Å². The molecule has 32 heavy (non-hydrogen) atoms. The van der Waals surface area contributed by atoms with Crippen LogP contribution in [0.15, 0.2) is 35.1 Å². The summed E-state index contributed by atoms with van der Waals surface area (Å²) < 4.78 is 39.0. The van der Waals surface area contributed by atoms with Gasteiger partial charge in [0.2, 0.25) is 0 Å². The Labute approximate surface area is 181 Å². The molecule has 0 unspecified atom stereocenters. The Morgan fingerprint density at radius 1 is 1.22 bits per heavy atom. The Kier molecular flexibility index (Phi) is 7.23. The van der Waals surface area contributed by atoms with Crippen molar-refractivity contribution in [2.75, 3.05) is 13.1 Å². The number of carbonyl (C=O) groups is 1. The summed E-state index contributed by atoms with van der Waals surface area (Å²) in [5, 5.41) is 19.8. The molecular formula is C20H23F3N6O3. The fourth-order valence-corrected chi connectivity index (χ4v) is 3.38. The van der Waals surface area contributed by atoms with Crippen LogP contribution in [-0.2, 0) is 11.3 Å². The summed E-state index contributed by atoms with van der Waals surface area (Å²) in [6.45, 7) is 6.97. The maximum Gasteiger partial charge on any atom is 0.490 e. The SMILES string of the molecule is Cc1noc(C)c1CN1CCC(n2cc(-c3ccccn3)nn2)CC1.O=C(O)C(F)(F)F. The highest BCUT2D eigenvalue weighted by molar-refractivity contribution is 5.73. The number of aromatic nitrogens is 5. The summed E-state index contributed by atoms with van der Waals surface area (Å²) in [4.78, 5) is 15.7. The summed E-state index contributed by atoms with van der Waals surface area (Å²) in [6, 6.07) is 6.23. The number of nitrogens with zero attached hydrogens (tertiary/aromatic N) is 6. The quantitative estimate of drug-likeness (QED) is 0.641. The van der Waals surface area contributed by atoms with E-state index in [-0.39, 0.29) is 0 Å². The number of aliphatic carboxylic acids is 1. The van der Waals surface area contributed by atoms with Crippen molar-refractivity contribution in [3.05, 3.63) is 47.6 Å². The zero-order valence-electron chi connectivity index (χ0n) is 17.6. The van der Waals surface area contributed by atoms with Gasteiger partial charge in [0.15, 0.2) is 0 Å². The largest absolute Gasteiger partial charge is 0.490 e. The molecule has 0 bridgehead atoms. The number of pyridine rings is 1. The molecule has 1 aliphatic heterocycles. The van der Waals surface area contributed by atoms with Crippen LogP contribution in [0, 0.1) is 13.8 Å². The molecule has 0 aliphatic carbocycles. The van der Waals surface area contributed by atoms with Gasteiger partial charge in [-0.3, -0.25) is 9.88 Å². The van der Waals surface area contributed by atoms with E-state index in [1.165, 1.54) is 5.56 Å². The minimum Gasteiger partial charge on any atom is -0.475 e. The lowest BCUT2D eigenvalue weighted by molar-refractivity contribution is -0.192. The Hall–Kier alpha value is -3.28. The van der Waals surface area contributed by atoms with Crippen molar-refractivity contribution >= 4 is 5.97 Å². The maximum absolute atomic E-state index is 10.6. The first-order valence-electron chi connectivity index (χ1n) is 9.92. The fourth-order valence-electron chi connectivity index (χ4n) is 3.38. The summed E-state index contributed by atoms with van der Waals surface area (Å²) >= 11 is 0. The average Bonchev–Trinajstić information content (AvgIpc) is 3.38. The van der Waals surface area contributed by atoms with Gasteiger partial charge in [-0.25, -0.2) is 9.48 Å². The van der Waals surface area contributed by atoms with E-state index in [1.54, 1.807) is 6.20 Å². The topological polar surface area (TPSA) is 110 Å². The first kappa shape index (κ1) is 23.4. The molecule has 3 aromatic heterocycles. The van der Waals surface area contributed by atoms with Crippen LogP contribution in [0.3, 0.4) is 0 Å². The normalized spacial score (nSPS) is 15.3. The van der Waals surface area contributed by atoms with Crippen molar-refractivity contribution in [2.45, 2.75) is 45.5 Å². The van der Waals surface area contributed by atoms with Gasteiger partial charge >= 0.3 is 12.1 Å². The smallest absolute Gasteiger partial charge is 0.475 e. The van der Waals surface area contributed by atoms with Gasteiger partial charge in [0.05, 0.1) is 23.6 Å². The first-order chi connectivity index (χ1) is 15.1. The highest BCUT2D eigenvalue weighted by atomic mass is 19.4. The third kappa shape index (κ3) is 5.90. The van der Waals surface area contributed by atoms with Crippen molar-refractivity contribution in [1.82, 2.24) is 30.0 Å². The molecule has 1 N–H and O–H groups in total. The van der Waals surface area contributed by atoms with E-state index < -0.39 is 12.1 Å². The van der Waals surface area contributed by atoms with Gasteiger partial charge in [-0.05, 0) is 38.8 Å². The number of alkyl halides is 3. The molecule has 0 amide bonds. The second-order valence-electron chi connectivity index (χ2n) is 7.41. The number of aryl methyl sites for hydroxylation is 2. The van der Waals surface area contributed by atoms with Crippen LogP contribution in [0.5, 0.6) is 0 Å². The number of carboxylic acids is 1. The van der Waals surface area contributed by atoms with E-state index >= 15 is 0 Å². The molecule has 172 valence electrons. The van der Waals surface area contributed by atoms with Crippen molar-refractivity contribution in [2.24, 2.45) is 0 Å². The van der Waals surface area contributed by atoms with Gasteiger partial charge in [0, 0.05) is 31.4 Å². The first-order valence-corrected chi connectivity index (χ1v) is 9.92. The zero-order valence-corrected chi connectivity index (χ0v) is 17.6. The highest BCUT2D eigenvalue weighted by Crippen LogP contribution is 2.25. The van der Waals surface area contributed by atoms with Crippen LogP contribution < -0.4 is 0 Å². The van der Waals surface area contributed by atoms with Crippen molar-refractivity contribution < 1.29 is 27.6 Å². The molecule has 3 aromatic rings. The lowest BCUT2D eigenvalue weighted by atomic mass is 10.0. The van der Waals surface area contributed by atoms with E-state index in [1.807, 2.05) is 42.9 Å². The van der Waals surface area contributed by atoms with Crippen LogP contribution in [-0.4, -0.2) is 60.4 Å². The molecule has 0 atom stereocenters. The lowest BCUT2D eigenvalue weighted by Crippen LogP contribution is -2.34. The molecule has 1 saturated heterocycles. The minimum atomic E-state index is -5.08. The summed E-state index contributed by atoms with van der Waals surface area (Å²) in [6.07, 6.45) is 0.835. The molecule has 4 heterocycles. The second kappa shape index (κ2) is 9.90. The Morgan fingerprint density at radius 3 is 2.44 bits per heavy atom. The molecule has 0 radical (unpaired) electrons. The highest BCUT2D eigenvalue weighted by Gasteiger charge is 2.38.